The Morgan fingerprint density at radius 1 is 1.19 bits per heavy atom. The summed E-state index contributed by atoms with van der Waals surface area (Å²) in [6, 6.07) is 10.2. The molecular formula is C21H24N4O5S. The number of nitrogens with one attached hydrogen (secondary N) is 1. The SMILES string of the molecule is CCCn1c(CCC(=O)NCc2ccc3c(c2)OCO3)nc2cc(S(N)(=O)=O)ccc21. The van der Waals surface area contributed by atoms with Crippen molar-refractivity contribution < 1.29 is 22.7 Å². The zero-order valence-electron chi connectivity index (χ0n) is 17.1. The molecule has 1 amide bonds. The Balaban J connectivity index is 1.43. The van der Waals surface area contributed by atoms with Gasteiger partial charge in [0.25, 0.3) is 0 Å². The summed E-state index contributed by atoms with van der Waals surface area (Å²) in [5, 5.41) is 8.14. The van der Waals surface area contributed by atoms with Crippen molar-refractivity contribution in [2.24, 2.45) is 5.14 Å². The Hall–Kier alpha value is -3.11. The van der Waals surface area contributed by atoms with E-state index >= 15 is 0 Å². The summed E-state index contributed by atoms with van der Waals surface area (Å²) in [6.07, 6.45) is 1.58. The first kappa shape index (κ1) is 21.1. The molecule has 0 saturated carbocycles. The number of carbonyl (C=O) groups excluding carboxylic acids is 1. The molecule has 1 aliphatic heterocycles. The van der Waals surface area contributed by atoms with E-state index in [2.05, 4.69) is 10.3 Å². The van der Waals surface area contributed by atoms with E-state index in [1.165, 1.54) is 12.1 Å². The number of rotatable bonds is 8. The highest BCUT2D eigenvalue weighted by atomic mass is 32.2. The number of nitrogens with two attached hydrogens (primary N) is 1. The minimum Gasteiger partial charge on any atom is -0.454 e. The van der Waals surface area contributed by atoms with Gasteiger partial charge < -0.3 is 19.4 Å². The maximum Gasteiger partial charge on any atom is 0.238 e. The minimum atomic E-state index is -3.80. The summed E-state index contributed by atoms with van der Waals surface area (Å²) in [5.41, 5.74) is 2.30. The monoisotopic (exact) mass is 444 g/mol. The second-order valence-electron chi connectivity index (χ2n) is 7.34. The molecule has 3 aromatic rings. The van der Waals surface area contributed by atoms with Gasteiger partial charge in [0.2, 0.25) is 22.7 Å². The van der Waals surface area contributed by atoms with Gasteiger partial charge in [0, 0.05) is 25.9 Å². The highest BCUT2D eigenvalue weighted by Crippen LogP contribution is 2.32. The van der Waals surface area contributed by atoms with Gasteiger partial charge in [-0.2, -0.15) is 0 Å². The minimum absolute atomic E-state index is 0.0224. The third-order valence-electron chi connectivity index (χ3n) is 5.08. The number of primary sulfonamides is 1. The molecular weight excluding hydrogens is 420 g/mol. The first-order valence-electron chi connectivity index (χ1n) is 10.0. The van der Waals surface area contributed by atoms with Crippen LogP contribution in [0.4, 0.5) is 0 Å². The Kier molecular flexibility index (Phi) is 5.84. The maximum absolute atomic E-state index is 12.4. The molecule has 9 nitrogen and oxygen atoms in total. The largest absolute Gasteiger partial charge is 0.454 e. The highest BCUT2D eigenvalue weighted by molar-refractivity contribution is 7.89. The average Bonchev–Trinajstić information content (AvgIpc) is 3.34. The number of hydrogen-bond donors (Lipinski definition) is 2. The fraction of sp³-hybridized carbons (Fsp3) is 0.333. The van der Waals surface area contributed by atoms with Crippen LogP contribution in [0.2, 0.25) is 0 Å². The molecule has 0 aliphatic carbocycles. The standard InChI is InChI=1S/C21H24N4O5S/c1-2-9-25-17-5-4-15(31(22,27)28)11-16(17)24-20(25)7-8-21(26)23-12-14-3-6-18-19(10-14)30-13-29-18/h3-6,10-11H,2,7-9,12-13H2,1H3,(H,23,26)(H2,22,27,28). The first-order valence-corrected chi connectivity index (χ1v) is 11.6. The van der Waals surface area contributed by atoms with Crippen LogP contribution in [0.5, 0.6) is 11.5 Å². The zero-order valence-corrected chi connectivity index (χ0v) is 17.9. The summed E-state index contributed by atoms with van der Waals surface area (Å²) in [7, 11) is -3.80. The Morgan fingerprint density at radius 3 is 2.77 bits per heavy atom. The van der Waals surface area contributed by atoms with Gasteiger partial charge in [-0.25, -0.2) is 18.5 Å². The molecule has 31 heavy (non-hydrogen) atoms. The lowest BCUT2D eigenvalue weighted by Crippen LogP contribution is -2.23. The van der Waals surface area contributed by atoms with Crippen LogP contribution in [0.1, 0.15) is 31.2 Å². The smallest absolute Gasteiger partial charge is 0.238 e. The van der Waals surface area contributed by atoms with Crippen molar-refractivity contribution >= 4 is 27.0 Å². The van der Waals surface area contributed by atoms with Crippen molar-refractivity contribution in [2.75, 3.05) is 6.79 Å². The van der Waals surface area contributed by atoms with E-state index in [0.29, 0.717) is 30.0 Å². The number of fused-ring (bicyclic) bond motifs is 2. The van der Waals surface area contributed by atoms with Gasteiger partial charge in [0.15, 0.2) is 11.5 Å². The molecule has 0 bridgehead atoms. The van der Waals surface area contributed by atoms with Crippen LogP contribution in [0.15, 0.2) is 41.3 Å². The molecule has 0 saturated heterocycles. The van der Waals surface area contributed by atoms with Crippen molar-refractivity contribution in [3.8, 4) is 11.5 Å². The predicted octanol–water partition coefficient (Wildman–Crippen LogP) is 2.07. The van der Waals surface area contributed by atoms with Gasteiger partial charge in [-0.1, -0.05) is 13.0 Å². The molecule has 1 aromatic heterocycles. The van der Waals surface area contributed by atoms with Gasteiger partial charge in [0.05, 0.1) is 15.9 Å². The summed E-state index contributed by atoms with van der Waals surface area (Å²) in [4.78, 5) is 17.0. The maximum atomic E-state index is 12.4. The number of imidazole rings is 1. The van der Waals surface area contributed by atoms with Gasteiger partial charge in [-0.3, -0.25) is 4.79 Å². The quantitative estimate of drug-likeness (QED) is 0.548. The lowest BCUT2D eigenvalue weighted by molar-refractivity contribution is -0.121. The van der Waals surface area contributed by atoms with E-state index in [0.717, 1.165) is 29.9 Å². The number of ether oxygens (including phenoxy) is 2. The van der Waals surface area contributed by atoms with E-state index in [-0.39, 0.29) is 24.0 Å². The first-order chi connectivity index (χ1) is 14.8. The Bertz CT molecular complexity index is 1240. The summed E-state index contributed by atoms with van der Waals surface area (Å²) in [6.45, 7) is 3.37. The van der Waals surface area contributed by atoms with E-state index in [1.54, 1.807) is 6.07 Å². The second kappa shape index (κ2) is 8.56. The third kappa shape index (κ3) is 4.64. The van der Waals surface area contributed by atoms with Gasteiger partial charge in [0.1, 0.15) is 5.82 Å². The highest BCUT2D eigenvalue weighted by Gasteiger charge is 2.16. The Morgan fingerprint density at radius 2 is 2.00 bits per heavy atom. The van der Waals surface area contributed by atoms with Crippen LogP contribution in [0.3, 0.4) is 0 Å². The fourth-order valence-electron chi connectivity index (χ4n) is 3.57. The molecule has 0 radical (unpaired) electrons. The van der Waals surface area contributed by atoms with Crippen molar-refractivity contribution in [2.45, 2.75) is 44.2 Å². The molecule has 1 aliphatic rings. The lowest BCUT2D eigenvalue weighted by Gasteiger charge is -2.09. The van der Waals surface area contributed by atoms with Crippen LogP contribution in [-0.4, -0.2) is 30.7 Å². The molecule has 0 atom stereocenters. The van der Waals surface area contributed by atoms with Crippen LogP contribution in [0.25, 0.3) is 11.0 Å². The normalized spacial score (nSPS) is 13.0. The number of hydrogen-bond acceptors (Lipinski definition) is 6. The lowest BCUT2D eigenvalue weighted by atomic mass is 10.2. The molecule has 3 N–H and O–H groups in total. The fourth-order valence-corrected chi connectivity index (χ4v) is 4.10. The second-order valence-corrected chi connectivity index (χ2v) is 8.90. The van der Waals surface area contributed by atoms with Crippen molar-refractivity contribution in [3.63, 3.8) is 0 Å². The number of carbonyl (C=O) groups is 1. The zero-order chi connectivity index (χ0) is 22.0. The van der Waals surface area contributed by atoms with Crippen molar-refractivity contribution in [1.29, 1.82) is 0 Å². The number of aromatic nitrogens is 2. The van der Waals surface area contributed by atoms with Gasteiger partial charge in [-0.15, -0.1) is 0 Å². The number of benzene rings is 2. The van der Waals surface area contributed by atoms with Crippen LogP contribution < -0.4 is 19.9 Å². The molecule has 2 heterocycles. The average molecular weight is 445 g/mol. The summed E-state index contributed by atoms with van der Waals surface area (Å²) in [5.74, 6) is 2.02. The number of nitrogens with zero attached hydrogens (tertiary/aromatic N) is 2. The predicted molar refractivity (Wildman–Crippen MR) is 114 cm³/mol. The number of aryl methyl sites for hydroxylation is 2. The molecule has 0 spiro atoms. The topological polar surface area (TPSA) is 126 Å². The van der Waals surface area contributed by atoms with Crippen molar-refractivity contribution in [1.82, 2.24) is 14.9 Å². The summed E-state index contributed by atoms with van der Waals surface area (Å²) >= 11 is 0. The number of amides is 1. The van der Waals surface area contributed by atoms with E-state index in [9.17, 15) is 13.2 Å². The molecule has 164 valence electrons. The molecule has 4 rings (SSSR count). The number of sulfonamides is 1. The van der Waals surface area contributed by atoms with E-state index in [1.807, 2.05) is 29.7 Å². The van der Waals surface area contributed by atoms with E-state index in [4.69, 9.17) is 14.6 Å². The van der Waals surface area contributed by atoms with Crippen LogP contribution in [-0.2, 0) is 34.3 Å². The van der Waals surface area contributed by atoms with Gasteiger partial charge >= 0.3 is 0 Å². The van der Waals surface area contributed by atoms with Crippen LogP contribution >= 0.6 is 0 Å². The molecule has 2 aromatic carbocycles. The van der Waals surface area contributed by atoms with Gasteiger partial charge in [-0.05, 0) is 42.3 Å². The molecule has 10 heteroatoms. The molecule has 0 unspecified atom stereocenters. The molecule has 0 fully saturated rings. The van der Waals surface area contributed by atoms with Crippen LogP contribution in [0, 0.1) is 0 Å². The third-order valence-corrected chi connectivity index (χ3v) is 5.99. The van der Waals surface area contributed by atoms with Crippen molar-refractivity contribution in [3.05, 3.63) is 47.8 Å². The summed E-state index contributed by atoms with van der Waals surface area (Å²) < 4.78 is 35.9. The van der Waals surface area contributed by atoms with E-state index < -0.39 is 10.0 Å². The Labute approximate surface area is 180 Å².